The molecule has 23 aromatic rings. The summed E-state index contributed by atoms with van der Waals surface area (Å²) in [6, 6.07) is 160. The van der Waals surface area contributed by atoms with Gasteiger partial charge in [0.2, 0.25) is 0 Å². The van der Waals surface area contributed by atoms with Crippen LogP contribution in [0.5, 0.6) is 0 Å². The fourth-order valence-electron chi connectivity index (χ4n) is 23.7. The van der Waals surface area contributed by atoms with E-state index in [1.165, 1.54) is 204 Å². The highest BCUT2D eigenvalue weighted by Crippen LogP contribution is 2.65. The fraction of sp³-hybridized carbons (Fsp3) is 0.0455. The SMILES string of the molecule is C1=Cc2cccc3cc4c(c(c23)C1)N(c1ccccc1)c1cc(-c2ccccc2)ccc1N4c1cccc2c1oc1ccccc12.C1=Cc2cccc3cc4c(c(c23)C1)N(c1ccccc1)c1cc(-c2ccccc2)ccc1N4c1cccc2c1sc1ccccc12.CC1(C)c2ccccc2-c2cc(N3c4ccc(-c5ccccc5)cc4N(c4ccccc4)c4c3cc3cccc5c3c4CC=C5)ccc21. The van der Waals surface area contributed by atoms with Crippen molar-refractivity contribution >= 4 is 206 Å². The maximum Gasteiger partial charge on any atom is 0.159 e. The second-order valence-corrected chi connectivity index (χ2v) is 39.0. The fourth-order valence-corrected chi connectivity index (χ4v) is 24.9. The Kier molecular flexibility index (Phi) is 18.7. The van der Waals surface area contributed by atoms with E-state index in [4.69, 9.17) is 4.42 Å². The summed E-state index contributed by atoms with van der Waals surface area (Å²) in [6.07, 6.45) is 16.4. The van der Waals surface area contributed by atoms with Crippen LogP contribution < -0.4 is 29.4 Å². The van der Waals surface area contributed by atoms with Crippen LogP contribution in [-0.4, -0.2) is 0 Å². The Morgan fingerprint density at radius 2 is 0.629 bits per heavy atom. The van der Waals surface area contributed by atoms with Crippen LogP contribution in [-0.2, 0) is 24.7 Å². The van der Waals surface area contributed by atoms with Crippen molar-refractivity contribution in [2.24, 2.45) is 0 Å². The van der Waals surface area contributed by atoms with E-state index in [0.717, 1.165) is 81.0 Å². The smallest absolute Gasteiger partial charge is 0.159 e. The van der Waals surface area contributed by atoms with Crippen molar-refractivity contribution < 1.29 is 4.42 Å². The van der Waals surface area contributed by atoms with E-state index in [9.17, 15) is 0 Å². The highest BCUT2D eigenvalue weighted by Gasteiger charge is 2.42. The quantitative estimate of drug-likeness (QED) is 0.142. The van der Waals surface area contributed by atoms with Crippen LogP contribution in [0.4, 0.5) is 102 Å². The van der Waals surface area contributed by atoms with Crippen molar-refractivity contribution in [2.75, 3.05) is 29.4 Å². The standard InChI is InChI=1S/C46H34N2.C43H28N2O.C43H28N2S/c1-46(2)39-22-10-9-20-36(39)38-29-35(24-25-40(38)46)47-41-26-23-32(30-13-5-3-6-14-30)27-42(41)48(34-18-7-4-8-19-34)45-37-21-12-16-31-15-11-17-33(44(31)37)28-43(45)47;2*1-3-12-28(13-4-1)30-24-25-36-38(26-30)44(32-17-5-2-6-18-32)42-35-21-10-15-29-14-9-16-31(41(29)35)27-39(42)45(36)37-22-11-20-34-33-19-7-8-23-40(33)46-43(34)37/h3-20,22-29H,21H2,1-2H3;2*1-20,22-27H,21H2. The molecule has 8 heteroatoms. The van der Waals surface area contributed by atoms with Crippen LogP contribution >= 0.6 is 11.3 Å². The van der Waals surface area contributed by atoms with Gasteiger partial charge in [-0.2, -0.15) is 0 Å². The van der Waals surface area contributed by atoms with Gasteiger partial charge in [0.05, 0.1) is 84.3 Å². The summed E-state index contributed by atoms with van der Waals surface area (Å²) in [6.45, 7) is 4.71. The van der Waals surface area contributed by atoms with Crippen LogP contribution in [0.3, 0.4) is 0 Å². The van der Waals surface area contributed by atoms with Gasteiger partial charge in [0.1, 0.15) is 5.58 Å². The summed E-state index contributed by atoms with van der Waals surface area (Å²) in [4.78, 5) is 15.0. The minimum Gasteiger partial charge on any atom is -0.454 e. The Morgan fingerprint density at radius 1 is 0.243 bits per heavy atom. The Labute approximate surface area is 816 Å². The van der Waals surface area contributed by atoms with Gasteiger partial charge in [-0.05, 0) is 268 Å². The molecule has 0 N–H and O–H groups in total. The third kappa shape index (κ3) is 12.7. The van der Waals surface area contributed by atoms with Crippen LogP contribution in [0.2, 0.25) is 0 Å². The molecular weight excluding hydrogens is 1720 g/mol. The number of thiophene rings is 1. The van der Waals surface area contributed by atoms with Gasteiger partial charge in [0, 0.05) is 54.4 Å². The minimum atomic E-state index is -0.0417. The van der Waals surface area contributed by atoms with Crippen molar-refractivity contribution in [3.05, 3.63) is 500 Å². The number of nitrogens with zero attached hydrogens (tertiary/aromatic N) is 6. The molecule has 0 fully saturated rings. The molecule has 0 spiro atoms. The monoisotopic (exact) mass is 1810 g/mol. The molecule has 30 rings (SSSR count). The van der Waals surface area contributed by atoms with Gasteiger partial charge >= 0.3 is 0 Å². The molecule has 4 aliphatic carbocycles. The van der Waals surface area contributed by atoms with Crippen LogP contribution in [0, 0.1) is 0 Å². The second-order valence-electron chi connectivity index (χ2n) is 38.0. The van der Waals surface area contributed by atoms with Crippen molar-refractivity contribution in [3.8, 4) is 44.5 Å². The maximum atomic E-state index is 6.68. The largest absolute Gasteiger partial charge is 0.454 e. The molecule has 2 aromatic heterocycles. The summed E-state index contributed by atoms with van der Waals surface area (Å²) in [7, 11) is 0. The summed E-state index contributed by atoms with van der Waals surface area (Å²) in [5.74, 6) is 0. The third-order valence-electron chi connectivity index (χ3n) is 29.8. The van der Waals surface area contributed by atoms with Gasteiger partial charge in [-0.3, -0.25) is 0 Å². The Balaban J connectivity index is 0.000000103. The Bertz CT molecular complexity index is 8800. The second kappa shape index (κ2) is 32.3. The van der Waals surface area contributed by atoms with Crippen molar-refractivity contribution in [2.45, 2.75) is 38.5 Å². The topological polar surface area (TPSA) is 32.6 Å². The Morgan fingerprint density at radius 3 is 1.12 bits per heavy atom. The van der Waals surface area contributed by atoms with E-state index in [1.807, 2.05) is 17.4 Å². The number of fused-ring (bicyclic) bond motifs is 18. The number of hydrogen-bond donors (Lipinski definition) is 0. The zero-order valence-electron chi connectivity index (χ0n) is 77.2. The van der Waals surface area contributed by atoms with Crippen molar-refractivity contribution in [1.82, 2.24) is 0 Å². The third-order valence-corrected chi connectivity index (χ3v) is 31.0. The Hall–Kier alpha value is -17.6. The highest BCUT2D eigenvalue weighted by molar-refractivity contribution is 7.26. The first-order chi connectivity index (χ1) is 69.2. The molecule has 0 saturated carbocycles. The average molecular weight is 1810 g/mol. The number of hydrogen-bond acceptors (Lipinski definition) is 8. The summed E-state index contributed by atoms with van der Waals surface area (Å²) < 4.78 is 9.30. The summed E-state index contributed by atoms with van der Waals surface area (Å²) >= 11 is 1.89. The van der Waals surface area contributed by atoms with Crippen molar-refractivity contribution in [1.29, 1.82) is 0 Å². The van der Waals surface area contributed by atoms with E-state index in [2.05, 4.69) is 510 Å². The molecule has 7 aliphatic rings. The van der Waals surface area contributed by atoms with Crippen LogP contribution in [0.15, 0.2) is 459 Å². The van der Waals surface area contributed by atoms with E-state index >= 15 is 0 Å². The first-order valence-corrected chi connectivity index (χ1v) is 49.4. The lowest BCUT2D eigenvalue weighted by Gasteiger charge is -2.42. The number of para-hydroxylation sites is 5. The normalized spacial score (nSPS) is 13.9. The number of rotatable bonds is 9. The van der Waals surface area contributed by atoms with Gasteiger partial charge in [-0.25, -0.2) is 0 Å². The van der Waals surface area contributed by atoms with E-state index in [1.54, 1.807) is 0 Å². The van der Waals surface area contributed by atoms with Crippen LogP contribution in [0.25, 0.3) is 137 Å². The number of benzene rings is 21. The predicted molar refractivity (Wildman–Crippen MR) is 593 cm³/mol. The van der Waals surface area contributed by atoms with Gasteiger partial charge in [-0.15, -0.1) is 11.3 Å². The van der Waals surface area contributed by atoms with Crippen molar-refractivity contribution in [3.63, 3.8) is 0 Å². The van der Waals surface area contributed by atoms with Gasteiger partial charge in [0.25, 0.3) is 0 Å². The molecule has 0 unspecified atom stereocenters. The molecular formula is C132H90N6OS. The lowest BCUT2D eigenvalue weighted by Crippen LogP contribution is -2.26. The number of anilines is 18. The van der Waals surface area contributed by atoms with Gasteiger partial charge < -0.3 is 33.8 Å². The maximum absolute atomic E-state index is 6.68. The molecule has 0 saturated heterocycles. The summed E-state index contributed by atoms with van der Waals surface area (Å²) in [5.41, 5.74) is 43.5. The van der Waals surface area contributed by atoms with E-state index in [0.29, 0.717) is 0 Å². The number of furan rings is 1. The predicted octanol–water partition coefficient (Wildman–Crippen LogP) is 37.6. The molecule has 140 heavy (non-hydrogen) atoms. The molecule has 0 atom stereocenters. The molecule has 3 aliphatic heterocycles. The molecule has 0 bridgehead atoms. The summed E-state index contributed by atoms with van der Waals surface area (Å²) in [5, 5.41) is 12.7. The molecule has 660 valence electrons. The highest BCUT2D eigenvalue weighted by atomic mass is 32.1. The first-order valence-electron chi connectivity index (χ1n) is 48.6. The zero-order valence-corrected chi connectivity index (χ0v) is 78.0. The molecule has 7 nitrogen and oxygen atoms in total. The van der Waals surface area contributed by atoms with E-state index in [-0.39, 0.29) is 5.41 Å². The molecule has 21 aromatic carbocycles. The molecule has 0 amide bonds. The first kappa shape index (κ1) is 80.9. The average Bonchev–Trinajstić information content (AvgIpc) is 0.916. The zero-order chi connectivity index (χ0) is 92.4. The number of allylic oxidation sites excluding steroid dienone is 3. The van der Waals surface area contributed by atoms with Crippen LogP contribution in [0.1, 0.15) is 58.4 Å². The van der Waals surface area contributed by atoms with Gasteiger partial charge in [0.15, 0.2) is 5.58 Å². The van der Waals surface area contributed by atoms with Gasteiger partial charge in [-0.1, -0.05) is 360 Å². The minimum absolute atomic E-state index is 0.0417. The van der Waals surface area contributed by atoms with E-state index < -0.39 is 0 Å². The lowest BCUT2D eigenvalue weighted by atomic mass is 9.82. The lowest BCUT2D eigenvalue weighted by molar-refractivity contribution is 0.660. The molecule has 5 heterocycles. The molecule has 0 radical (unpaired) electrons.